The normalized spacial score (nSPS) is 12.1. The summed E-state index contributed by atoms with van der Waals surface area (Å²) in [6.07, 6.45) is 0.771. The minimum Gasteiger partial charge on any atom is -0.469 e. The fraction of sp³-hybridized carbons (Fsp3) is 0.312. The smallest absolute Gasteiger partial charge is 0.310 e. The molecule has 2 rings (SSSR count). The molecule has 1 atom stereocenters. The molecule has 0 aliphatic rings. The van der Waals surface area contributed by atoms with Crippen LogP contribution in [0.3, 0.4) is 0 Å². The van der Waals surface area contributed by atoms with E-state index in [4.69, 9.17) is 4.74 Å². The summed E-state index contributed by atoms with van der Waals surface area (Å²) < 4.78 is 4.78. The van der Waals surface area contributed by atoms with Gasteiger partial charge in [0.05, 0.1) is 13.0 Å². The number of hydrogen-bond acceptors (Lipinski definition) is 3. The Hall–Kier alpha value is -2.03. The third-order valence-corrected chi connectivity index (χ3v) is 3.33. The van der Waals surface area contributed by atoms with E-state index in [2.05, 4.69) is 29.6 Å². The molecule has 1 unspecified atom stereocenters. The van der Waals surface area contributed by atoms with Crippen molar-refractivity contribution in [3.63, 3.8) is 0 Å². The molecule has 19 heavy (non-hydrogen) atoms. The van der Waals surface area contributed by atoms with Gasteiger partial charge in [0.25, 0.3) is 0 Å². The van der Waals surface area contributed by atoms with Gasteiger partial charge in [0.15, 0.2) is 0 Å². The number of methoxy groups -OCH3 is 1. The summed E-state index contributed by atoms with van der Waals surface area (Å²) in [5.41, 5.74) is 1.03. The molecule has 0 aliphatic carbocycles. The summed E-state index contributed by atoms with van der Waals surface area (Å²) in [4.78, 5) is 11.5. The summed E-state index contributed by atoms with van der Waals surface area (Å²) in [5, 5.41) is 5.71. The highest BCUT2D eigenvalue weighted by molar-refractivity contribution is 5.85. The minimum atomic E-state index is -0.157. The third-order valence-electron chi connectivity index (χ3n) is 3.33. The molecular formula is C16H19NO2. The lowest BCUT2D eigenvalue weighted by Gasteiger charge is -2.14. The van der Waals surface area contributed by atoms with E-state index in [0.29, 0.717) is 6.54 Å². The Morgan fingerprint density at radius 2 is 1.95 bits per heavy atom. The monoisotopic (exact) mass is 257 g/mol. The van der Waals surface area contributed by atoms with E-state index in [-0.39, 0.29) is 11.9 Å². The first-order valence-electron chi connectivity index (χ1n) is 6.55. The highest BCUT2D eigenvalue weighted by Crippen LogP contribution is 2.19. The zero-order valence-electron chi connectivity index (χ0n) is 11.3. The fourth-order valence-corrected chi connectivity index (χ4v) is 2.10. The molecule has 3 heteroatoms. The van der Waals surface area contributed by atoms with Crippen molar-refractivity contribution < 1.29 is 9.53 Å². The Balaban J connectivity index is 2.07. The van der Waals surface area contributed by atoms with Gasteiger partial charge in [-0.05, 0) is 29.3 Å². The van der Waals surface area contributed by atoms with E-state index >= 15 is 0 Å². The van der Waals surface area contributed by atoms with Crippen molar-refractivity contribution >= 4 is 22.4 Å². The van der Waals surface area contributed by atoms with Crippen molar-refractivity contribution in [1.82, 2.24) is 0 Å². The Kier molecular flexibility index (Phi) is 4.39. The number of carbonyl (C=O) groups is 1. The molecule has 0 aliphatic heterocycles. The number of hydrogen-bond donors (Lipinski definition) is 1. The molecule has 0 radical (unpaired) electrons. The van der Waals surface area contributed by atoms with Crippen molar-refractivity contribution in [3.05, 3.63) is 42.5 Å². The first-order valence-corrected chi connectivity index (χ1v) is 6.55. The van der Waals surface area contributed by atoms with Crippen LogP contribution in [-0.4, -0.2) is 19.6 Å². The van der Waals surface area contributed by atoms with Crippen LogP contribution >= 0.6 is 0 Å². The van der Waals surface area contributed by atoms with Crippen LogP contribution in [0, 0.1) is 5.92 Å². The highest BCUT2D eigenvalue weighted by atomic mass is 16.5. The number of benzene rings is 2. The summed E-state index contributed by atoms with van der Waals surface area (Å²) in [6.45, 7) is 2.59. The lowest BCUT2D eigenvalue weighted by atomic mass is 10.1. The standard InChI is InChI=1S/C16H19NO2/c1-3-12(16(18)19-2)11-17-15-9-8-13-6-4-5-7-14(13)10-15/h4-10,12,17H,3,11H2,1-2H3. The van der Waals surface area contributed by atoms with Gasteiger partial charge in [0, 0.05) is 12.2 Å². The zero-order valence-corrected chi connectivity index (χ0v) is 11.3. The summed E-state index contributed by atoms with van der Waals surface area (Å²) >= 11 is 0. The van der Waals surface area contributed by atoms with Gasteiger partial charge in [-0.25, -0.2) is 0 Å². The third kappa shape index (κ3) is 3.25. The van der Waals surface area contributed by atoms with Crippen LogP contribution in [0.5, 0.6) is 0 Å². The van der Waals surface area contributed by atoms with E-state index in [9.17, 15) is 4.79 Å². The molecule has 100 valence electrons. The molecule has 0 aromatic heterocycles. The second kappa shape index (κ2) is 6.23. The van der Waals surface area contributed by atoms with Crippen molar-refractivity contribution in [2.45, 2.75) is 13.3 Å². The molecule has 0 amide bonds. The van der Waals surface area contributed by atoms with Crippen LogP contribution in [0.15, 0.2) is 42.5 Å². The lowest BCUT2D eigenvalue weighted by molar-refractivity contribution is -0.145. The second-order valence-electron chi connectivity index (χ2n) is 4.57. The largest absolute Gasteiger partial charge is 0.469 e. The summed E-state index contributed by atoms with van der Waals surface area (Å²) in [6, 6.07) is 14.4. The molecule has 0 saturated carbocycles. The van der Waals surface area contributed by atoms with Crippen LogP contribution in [0.25, 0.3) is 10.8 Å². The van der Waals surface area contributed by atoms with E-state index in [1.165, 1.54) is 17.9 Å². The number of fused-ring (bicyclic) bond motifs is 1. The van der Waals surface area contributed by atoms with Crippen molar-refractivity contribution in [3.8, 4) is 0 Å². The molecule has 1 N–H and O–H groups in total. The number of carbonyl (C=O) groups excluding carboxylic acids is 1. The van der Waals surface area contributed by atoms with Crippen LogP contribution in [0.2, 0.25) is 0 Å². The van der Waals surface area contributed by atoms with Gasteiger partial charge in [0.1, 0.15) is 0 Å². The fourth-order valence-electron chi connectivity index (χ4n) is 2.10. The van der Waals surface area contributed by atoms with Gasteiger partial charge in [0.2, 0.25) is 0 Å². The van der Waals surface area contributed by atoms with Gasteiger partial charge < -0.3 is 10.1 Å². The van der Waals surface area contributed by atoms with E-state index in [0.717, 1.165) is 12.1 Å². The summed E-state index contributed by atoms with van der Waals surface area (Å²) in [5.74, 6) is -0.257. The first-order chi connectivity index (χ1) is 9.24. The van der Waals surface area contributed by atoms with Crippen molar-refractivity contribution in [1.29, 1.82) is 0 Å². The van der Waals surface area contributed by atoms with E-state index < -0.39 is 0 Å². The van der Waals surface area contributed by atoms with Gasteiger partial charge in [-0.3, -0.25) is 4.79 Å². The molecule has 2 aromatic rings. The van der Waals surface area contributed by atoms with Crippen molar-refractivity contribution in [2.24, 2.45) is 5.92 Å². The Labute approximate surface area is 113 Å². The highest BCUT2D eigenvalue weighted by Gasteiger charge is 2.16. The maximum absolute atomic E-state index is 11.5. The van der Waals surface area contributed by atoms with Gasteiger partial charge in [-0.15, -0.1) is 0 Å². The Morgan fingerprint density at radius 1 is 1.21 bits per heavy atom. The zero-order chi connectivity index (χ0) is 13.7. The van der Waals surface area contributed by atoms with E-state index in [1.54, 1.807) is 0 Å². The predicted molar refractivity (Wildman–Crippen MR) is 78.2 cm³/mol. The lowest BCUT2D eigenvalue weighted by Crippen LogP contribution is -2.23. The Morgan fingerprint density at radius 3 is 2.63 bits per heavy atom. The molecule has 0 heterocycles. The summed E-state index contributed by atoms with van der Waals surface area (Å²) in [7, 11) is 1.43. The van der Waals surface area contributed by atoms with E-state index in [1.807, 2.05) is 25.1 Å². The average Bonchev–Trinajstić information content (AvgIpc) is 2.47. The van der Waals surface area contributed by atoms with Crippen LogP contribution < -0.4 is 5.32 Å². The molecule has 0 saturated heterocycles. The average molecular weight is 257 g/mol. The maximum atomic E-state index is 11.5. The number of anilines is 1. The number of esters is 1. The van der Waals surface area contributed by atoms with Gasteiger partial charge in [-0.2, -0.15) is 0 Å². The molecule has 0 fully saturated rings. The molecule has 3 nitrogen and oxygen atoms in total. The second-order valence-corrected chi connectivity index (χ2v) is 4.57. The topological polar surface area (TPSA) is 38.3 Å². The maximum Gasteiger partial charge on any atom is 0.310 e. The molecule has 0 spiro atoms. The SMILES string of the molecule is CCC(CNc1ccc2ccccc2c1)C(=O)OC. The van der Waals surface area contributed by atoms with Crippen LogP contribution in [0.1, 0.15) is 13.3 Å². The quantitative estimate of drug-likeness (QED) is 0.834. The van der Waals surface area contributed by atoms with Gasteiger partial charge >= 0.3 is 5.97 Å². The Bertz CT molecular complexity index is 565. The van der Waals surface area contributed by atoms with Crippen LogP contribution in [-0.2, 0) is 9.53 Å². The number of rotatable bonds is 5. The van der Waals surface area contributed by atoms with Crippen molar-refractivity contribution in [2.75, 3.05) is 19.0 Å². The van der Waals surface area contributed by atoms with Gasteiger partial charge in [-0.1, -0.05) is 37.3 Å². The number of nitrogens with one attached hydrogen (secondary N) is 1. The predicted octanol–water partition coefficient (Wildman–Crippen LogP) is 3.45. The number of ether oxygens (including phenoxy) is 1. The minimum absolute atomic E-state index is 0.100. The first kappa shape index (κ1) is 13.4. The molecule has 2 aromatic carbocycles. The molecular weight excluding hydrogens is 238 g/mol. The van der Waals surface area contributed by atoms with Crippen LogP contribution in [0.4, 0.5) is 5.69 Å². The molecule has 0 bridgehead atoms.